The van der Waals surface area contributed by atoms with Gasteiger partial charge in [0, 0.05) is 19.1 Å². The SMILES string of the molecule is O=C(c1cc(F)ccc1F)N1CCC(N2C(=O)N=C3C=CC=CC3C2=O)CC1. The van der Waals surface area contributed by atoms with Gasteiger partial charge in [-0.3, -0.25) is 14.5 Å². The van der Waals surface area contributed by atoms with Crippen LogP contribution in [-0.4, -0.2) is 52.5 Å². The molecule has 4 rings (SSSR count). The van der Waals surface area contributed by atoms with Crippen molar-refractivity contribution in [3.63, 3.8) is 0 Å². The normalized spacial score (nSPS) is 22.4. The minimum atomic E-state index is -0.783. The molecule has 2 heterocycles. The van der Waals surface area contributed by atoms with E-state index in [2.05, 4.69) is 4.99 Å². The highest BCUT2D eigenvalue weighted by atomic mass is 19.1. The Labute approximate surface area is 159 Å². The lowest BCUT2D eigenvalue weighted by Gasteiger charge is -2.39. The average molecular weight is 385 g/mol. The fraction of sp³-hybridized carbons (Fsp3) is 0.300. The number of allylic oxidation sites excluding steroid dienone is 3. The van der Waals surface area contributed by atoms with Crippen LogP contribution in [0.3, 0.4) is 0 Å². The molecule has 1 fully saturated rings. The van der Waals surface area contributed by atoms with E-state index >= 15 is 0 Å². The van der Waals surface area contributed by atoms with Gasteiger partial charge in [0.2, 0.25) is 5.91 Å². The molecule has 4 amide bonds. The molecule has 3 aliphatic rings. The molecule has 0 spiro atoms. The Morgan fingerprint density at radius 1 is 1.11 bits per heavy atom. The third kappa shape index (κ3) is 3.15. The van der Waals surface area contributed by atoms with Crippen LogP contribution in [0, 0.1) is 17.6 Å². The van der Waals surface area contributed by atoms with Crippen LogP contribution in [0.5, 0.6) is 0 Å². The van der Waals surface area contributed by atoms with Crippen LogP contribution in [0.1, 0.15) is 23.2 Å². The smallest absolute Gasteiger partial charge is 0.338 e. The summed E-state index contributed by atoms with van der Waals surface area (Å²) in [7, 11) is 0. The zero-order valence-corrected chi connectivity index (χ0v) is 14.8. The molecule has 28 heavy (non-hydrogen) atoms. The van der Waals surface area contributed by atoms with Crippen LogP contribution in [0.15, 0.2) is 47.5 Å². The minimum Gasteiger partial charge on any atom is -0.338 e. The number of aliphatic imine (C=N–C) groups is 1. The van der Waals surface area contributed by atoms with Crippen molar-refractivity contribution in [1.29, 1.82) is 0 Å². The highest BCUT2D eigenvalue weighted by Gasteiger charge is 2.41. The Bertz CT molecular complexity index is 946. The summed E-state index contributed by atoms with van der Waals surface area (Å²) < 4.78 is 27.2. The first kappa shape index (κ1) is 18.2. The number of carbonyl (C=O) groups is 3. The summed E-state index contributed by atoms with van der Waals surface area (Å²) in [5.41, 5.74) is 0.111. The molecule has 0 saturated carbocycles. The van der Waals surface area contributed by atoms with Crippen molar-refractivity contribution in [2.75, 3.05) is 13.1 Å². The van der Waals surface area contributed by atoms with Gasteiger partial charge in [-0.25, -0.2) is 13.6 Å². The Balaban J connectivity index is 1.46. The summed E-state index contributed by atoms with van der Waals surface area (Å²) in [5, 5.41) is 0. The standard InChI is InChI=1S/C20H17F2N3O3/c21-12-5-6-16(22)15(11-12)18(26)24-9-7-13(8-10-24)25-19(27)14-3-1-2-4-17(14)23-20(25)28/h1-6,11,13-14H,7-10H2. The van der Waals surface area contributed by atoms with Crippen molar-refractivity contribution in [1.82, 2.24) is 9.80 Å². The van der Waals surface area contributed by atoms with Gasteiger partial charge in [0.25, 0.3) is 5.91 Å². The summed E-state index contributed by atoms with van der Waals surface area (Å²) in [4.78, 5) is 44.2. The van der Waals surface area contributed by atoms with Crippen LogP contribution in [0.25, 0.3) is 0 Å². The van der Waals surface area contributed by atoms with Crippen LogP contribution >= 0.6 is 0 Å². The highest BCUT2D eigenvalue weighted by Crippen LogP contribution is 2.26. The number of rotatable bonds is 2. The van der Waals surface area contributed by atoms with Crippen molar-refractivity contribution in [2.24, 2.45) is 10.9 Å². The van der Waals surface area contributed by atoms with Crippen LogP contribution in [-0.2, 0) is 4.79 Å². The van der Waals surface area contributed by atoms with Crippen molar-refractivity contribution >= 4 is 23.6 Å². The fourth-order valence-corrected chi connectivity index (χ4v) is 3.75. The molecule has 1 atom stereocenters. The summed E-state index contributed by atoms with van der Waals surface area (Å²) in [6, 6.07) is 1.77. The van der Waals surface area contributed by atoms with Gasteiger partial charge in [-0.1, -0.05) is 18.2 Å². The van der Waals surface area contributed by atoms with Gasteiger partial charge in [0.15, 0.2) is 0 Å². The summed E-state index contributed by atoms with van der Waals surface area (Å²) >= 11 is 0. The van der Waals surface area contributed by atoms with E-state index in [1.54, 1.807) is 24.3 Å². The topological polar surface area (TPSA) is 70.1 Å². The van der Waals surface area contributed by atoms with E-state index < -0.39 is 29.5 Å². The number of nitrogens with zero attached hydrogens (tertiary/aromatic N) is 3. The summed E-state index contributed by atoms with van der Waals surface area (Å²) in [5.74, 6) is -2.96. The predicted molar refractivity (Wildman–Crippen MR) is 96.7 cm³/mol. The van der Waals surface area contributed by atoms with Crippen molar-refractivity contribution in [2.45, 2.75) is 18.9 Å². The third-order valence-corrected chi connectivity index (χ3v) is 5.21. The number of imide groups is 1. The Hall–Kier alpha value is -3.16. The zero-order valence-electron chi connectivity index (χ0n) is 14.8. The Morgan fingerprint density at radius 3 is 2.61 bits per heavy atom. The molecular formula is C20H17F2N3O3. The molecule has 8 heteroatoms. The van der Waals surface area contributed by atoms with Crippen LogP contribution in [0.2, 0.25) is 0 Å². The second kappa shape index (κ2) is 7.10. The Kier molecular flexibility index (Phi) is 4.62. The maximum absolute atomic E-state index is 13.9. The van der Waals surface area contributed by atoms with Crippen molar-refractivity contribution in [3.8, 4) is 0 Å². The molecule has 0 radical (unpaired) electrons. The molecular weight excluding hydrogens is 368 g/mol. The van der Waals surface area contributed by atoms with Gasteiger partial charge >= 0.3 is 6.03 Å². The van der Waals surface area contributed by atoms with E-state index in [9.17, 15) is 23.2 Å². The van der Waals surface area contributed by atoms with Gasteiger partial charge in [0.1, 0.15) is 11.6 Å². The number of urea groups is 1. The molecule has 0 aromatic heterocycles. The van der Waals surface area contributed by atoms with Gasteiger partial charge in [0.05, 0.1) is 17.2 Å². The van der Waals surface area contributed by atoms with E-state index in [-0.39, 0.29) is 30.6 Å². The van der Waals surface area contributed by atoms with E-state index in [1.807, 2.05) is 0 Å². The van der Waals surface area contributed by atoms with Gasteiger partial charge in [-0.05, 0) is 37.1 Å². The first-order valence-electron chi connectivity index (χ1n) is 9.00. The van der Waals surface area contributed by atoms with Gasteiger partial charge < -0.3 is 4.90 Å². The molecule has 2 aliphatic heterocycles. The van der Waals surface area contributed by atoms with Gasteiger partial charge in [-0.15, -0.1) is 0 Å². The number of benzene rings is 1. The number of halogens is 2. The highest BCUT2D eigenvalue weighted by molar-refractivity contribution is 6.21. The number of piperidine rings is 1. The molecule has 1 saturated heterocycles. The minimum absolute atomic E-state index is 0.230. The van der Waals surface area contributed by atoms with Crippen molar-refractivity contribution < 1.29 is 23.2 Å². The number of carbonyl (C=O) groups excluding carboxylic acids is 3. The zero-order chi connectivity index (χ0) is 19.8. The summed E-state index contributed by atoms with van der Waals surface area (Å²) in [6.45, 7) is 0.459. The largest absolute Gasteiger partial charge is 0.350 e. The lowest BCUT2D eigenvalue weighted by molar-refractivity contribution is -0.131. The maximum atomic E-state index is 13.9. The number of hydrogen-bond donors (Lipinski definition) is 0. The van der Waals surface area contributed by atoms with E-state index in [1.165, 1.54) is 9.80 Å². The molecule has 1 aromatic carbocycles. The van der Waals surface area contributed by atoms with E-state index in [4.69, 9.17) is 0 Å². The predicted octanol–water partition coefficient (Wildman–Crippen LogP) is 2.71. The second-order valence-electron chi connectivity index (χ2n) is 6.90. The van der Waals surface area contributed by atoms with Gasteiger partial charge in [-0.2, -0.15) is 4.99 Å². The second-order valence-corrected chi connectivity index (χ2v) is 6.90. The third-order valence-electron chi connectivity index (χ3n) is 5.21. The van der Waals surface area contributed by atoms with E-state index in [0.717, 1.165) is 18.2 Å². The molecule has 0 N–H and O–H groups in total. The molecule has 1 aliphatic carbocycles. The van der Waals surface area contributed by atoms with Crippen LogP contribution in [0.4, 0.5) is 13.6 Å². The lowest BCUT2D eigenvalue weighted by Crippen LogP contribution is -2.54. The monoisotopic (exact) mass is 385 g/mol. The molecule has 1 aromatic rings. The molecule has 6 nitrogen and oxygen atoms in total. The lowest BCUT2D eigenvalue weighted by atomic mass is 9.93. The van der Waals surface area contributed by atoms with Crippen molar-refractivity contribution in [3.05, 3.63) is 59.7 Å². The number of fused-ring (bicyclic) bond motifs is 1. The fourth-order valence-electron chi connectivity index (χ4n) is 3.75. The first-order chi connectivity index (χ1) is 13.5. The number of amides is 4. The summed E-state index contributed by atoms with van der Waals surface area (Å²) in [6.07, 6.45) is 7.53. The first-order valence-corrected chi connectivity index (χ1v) is 9.00. The molecule has 1 unspecified atom stereocenters. The molecule has 0 bridgehead atoms. The Morgan fingerprint density at radius 2 is 1.86 bits per heavy atom. The average Bonchev–Trinajstić information content (AvgIpc) is 2.70. The number of likely N-dealkylation sites (tertiary alicyclic amines) is 1. The molecule has 144 valence electrons. The maximum Gasteiger partial charge on any atom is 0.350 e. The number of hydrogen-bond acceptors (Lipinski definition) is 3. The van der Waals surface area contributed by atoms with Crippen LogP contribution < -0.4 is 0 Å². The van der Waals surface area contributed by atoms with E-state index in [0.29, 0.717) is 18.6 Å². The quantitative estimate of drug-likeness (QED) is 0.786.